The molecular formula is C26H33N3. The van der Waals surface area contributed by atoms with Crippen LogP contribution in [0.15, 0.2) is 42.7 Å². The number of aromatic nitrogens is 2. The van der Waals surface area contributed by atoms with E-state index in [4.69, 9.17) is 0 Å². The van der Waals surface area contributed by atoms with Gasteiger partial charge in [0.2, 0.25) is 0 Å². The zero-order valence-corrected chi connectivity index (χ0v) is 18.3. The standard InChI is InChI=1S/C26H33N3/c1-18-9-10-23-21(15-18)22-16-27-24-8-5-12-26(24,3)25(22)29(23)13-6-7-19(2)20-11-14-28(4)17-20/h7,9-11,14-15,17,24,27H,5-6,8,12-13,16H2,1-4H3/b19-7+. The Balaban J connectivity index is 1.55. The summed E-state index contributed by atoms with van der Waals surface area (Å²) in [7, 11) is 2.09. The number of nitrogens with zero attached hydrogens (tertiary/aromatic N) is 2. The molecule has 0 spiro atoms. The van der Waals surface area contributed by atoms with Gasteiger partial charge >= 0.3 is 0 Å². The monoisotopic (exact) mass is 387 g/mol. The Morgan fingerprint density at radius 1 is 1.31 bits per heavy atom. The highest BCUT2D eigenvalue weighted by Gasteiger charge is 2.46. The van der Waals surface area contributed by atoms with E-state index in [1.807, 2.05) is 0 Å². The highest BCUT2D eigenvalue weighted by atomic mass is 15.1. The number of allylic oxidation sites excluding steroid dienone is 2. The minimum Gasteiger partial charge on any atom is -0.357 e. The lowest BCUT2D eigenvalue weighted by Gasteiger charge is -2.39. The molecule has 1 aliphatic heterocycles. The number of benzene rings is 1. The molecule has 5 rings (SSSR count). The van der Waals surface area contributed by atoms with E-state index in [9.17, 15) is 0 Å². The van der Waals surface area contributed by atoms with Crippen LogP contribution in [0.4, 0.5) is 0 Å². The fraction of sp³-hybridized carbons (Fsp3) is 0.462. The van der Waals surface area contributed by atoms with Gasteiger partial charge in [-0.05, 0) is 68.0 Å². The van der Waals surface area contributed by atoms with Gasteiger partial charge in [0.05, 0.1) is 0 Å². The fourth-order valence-electron chi connectivity index (χ4n) is 5.87. The lowest BCUT2D eigenvalue weighted by atomic mass is 9.76. The summed E-state index contributed by atoms with van der Waals surface area (Å²) in [5, 5.41) is 5.33. The van der Waals surface area contributed by atoms with E-state index in [0.717, 1.165) is 19.5 Å². The zero-order valence-electron chi connectivity index (χ0n) is 18.3. The van der Waals surface area contributed by atoms with Gasteiger partial charge in [0.15, 0.2) is 0 Å². The summed E-state index contributed by atoms with van der Waals surface area (Å²) >= 11 is 0. The van der Waals surface area contributed by atoms with Gasteiger partial charge in [0.1, 0.15) is 0 Å². The summed E-state index contributed by atoms with van der Waals surface area (Å²) in [6, 6.07) is 9.86. The number of rotatable bonds is 4. The van der Waals surface area contributed by atoms with Crippen molar-refractivity contribution in [1.29, 1.82) is 0 Å². The Hall–Kier alpha value is -2.26. The minimum atomic E-state index is 0.263. The molecule has 3 nitrogen and oxygen atoms in total. The van der Waals surface area contributed by atoms with Crippen LogP contribution >= 0.6 is 0 Å². The van der Waals surface area contributed by atoms with Crippen molar-refractivity contribution in [2.75, 3.05) is 0 Å². The van der Waals surface area contributed by atoms with E-state index < -0.39 is 0 Å². The maximum Gasteiger partial charge on any atom is 0.0486 e. The van der Waals surface area contributed by atoms with Crippen LogP contribution < -0.4 is 5.32 Å². The van der Waals surface area contributed by atoms with Gasteiger partial charge < -0.3 is 14.5 Å². The van der Waals surface area contributed by atoms with Gasteiger partial charge in [-0.1, -0.05) is 31.1 Å². The first-order chi connectivity index (χ1) is 14.0. The molecule has 3 aromatic rings. The molecule has 0 radical (unpaired) electrons. The summed E-state index contributed by atoms with van der Waals surface area (Å²) in [6.07, 6.45) is 11.8. The van der Waals surface area contributed by atoms with E-state index in [-0.39, 0.29) is 5.41 Å². The number of fused-ring (bicyclic) bond motifs is 5. The predicted octanol–water partition coefficient (Wildman–Crippen LogP) is 5.70. The van der Waals surface area contributed by atoms with Crippen LogP contribution in [0.1, 0.15) is 61.9 Å². The van der Waals surface area contributed by atoms with Crippen molar-refractivity contribution < 1.29 is 0 Å². The maximum absolute atomic E-state index is 3.87. The van der Waals surface area contributed by atoms with Crippen LogP contribution in [0.5, 0.6) is 0 Å². The summed E-state index contributed by atoms with van der Waals surface area (Å²) in [5.74, 6) is 0. The first kappa shape index (κ1) is 18.7. The van der Waals surface area contributed by atoms with Gasteiger partial charge in [-0.3, -0.25) is 0 Å². The van der Waals surface area contributed by atoms with Crippen LogP contribution in [-0.2, 0) is 25.6 Å². The molecule has 0 amide bonds. The summed E-state index contributed by atoms with van der Waals surface area (Å²) in [4.78, 5) is 0. The van der Waals surface area contributed by atoms with Crippen molar-refractivity contribution in [3.05, 3.63) is 65.1 Å². The van der Waals surface area contributed by atoms with Crippen LogP contribution in [0.3, 0.4) is 0 Å². The van der Waals surface area contributed by atoms with Gasteiger partial charge in [-0.2, -0.15) is 0 Å². The van der Waals surface area contributed by atoms with Crippen molar-refractivity contribution in [2.45, 2.75) is 71.0 Å². The molecule has 0 bridgehead atoms. The average molecular weight is 388 g/mol. The van der Waals surface area contributed by atoms with E-state index in [0.29, 0.717) is 6.04 Å². The van der Waals surface area contributed by atoms with Gasteiger partial charge in [-0.15, -0.1) is 0 Å². The van der Waals surface area contributed by atoms with E-state index in [1.165, 1.54) is 46.9 Å². The highest BCUT2D eigenvalue weighted by Crippen LogP contribution is 2.48. The van der Waals surface area contributed by atoms with Crippen LogP contribution in [0.25, 0.3) is 16.5 Å². The molecule has 152 valence electrons. The van der Waals surface area contributed by atoms with Crippen molar-refractivity contribution in [3.8, 4) is 0 Å². The second-order valence-electron chi connectivity index (χ2n) is 9.48. The topological polar surface area (TPSA) is 21.9 Å². The zero-order chi connectivity index (χ0) is 20.2. The second kappa shape index (κ2) is 6.91. The SMILES string of the molecule is C/C(=C\CCn1c2c(c3cc(C)ccc31)CNC1CCCC21C)c1ccn(C)c1. The van der Waals surface area contributed by atoms with Crippen molar-refractivity contribution in [2.24, 2.45) is 7.05 Å². The van der Waals surface area contributed by atoms with E-state index in [1.54, 1.807) is 11.3 Å². The molecule has 0 saturated heterocycles. The minimum absolute atomic E-state index is 0.263. The first-order valence-electron chi connectivity index (χ1n) is 11.1. The van der Waals surface area contributed by atoms with E-state index >= 15 is 0 Å². The summed E-state index contributed by atoms with van der Waals surface area (Å²) in [5.41, 5.74) is 8.91. The van der Waals surface area contributed by atoms with Crippen molar-refractivity contribution in [3.63, 3.8) is 0 Å². The Kier molecular flexibility index (Phi) is 4.47. The molecule has 2 aliphatic rings. The Morgan fingerprint density at radius 3 is 2.97 bits per heavy atom. The molecule has 1 aliphatic carbocycles. The van der Waals surface area contributed by atoms with Crippen molar-refractivity contribution in [1.82, 2.24) is 14.5 Å². The summed E-state index contributed by atoms with van der Waals surface area (Å²) in [6.45, 7) is 9.03. The molecule has 1 fully saturated rings. The lowest BCUT2D eigenvalue weighted by Crippen LogP contribution is -2.47. The summed E-state index contributed by atoms with van der Waals surface area (Å²) < 4.78 is 4.79. The molecule has 3 heteroatoms. The molecular weight excluding hydrogens is 354 g/mol. The quantitative estimate of drug-likeness (QED) is 0.610. The number of nitrogens with one attached hydrogen (secondary N) is 1. The van der Waals surface area contributed by atoms with Crippen LogP contribution in [-0.4, -0.2) is 15.2 Å². The molecule has 2 aromatic heterocycles. The molecule has 2 atom stereocenters. The molecule has 1 saturated carbocycles. The second-order valence-corrected chi connectivity index (χ2v) is 9.48. The third-order valence-corrected chi connectivity index (χ3v) is 7.44. The number of aryl methyl sites for hydroxylation is 3. The van der Waals surface area contributed by atoms with Crippen molar-refractivity contribution >= 4 is 16.5 Å². The Labute approximate surface area is 174 Å². The third kappa shape index (κ3) is 2.98. The smallest absolute Gasteiger partial charge is 0.0486 e. The van der Waals surface area contributed by atoms with E-state index in [2.05, 4.69) is 85.0 Å². The third-order valence-electron chi connectivity index (χ3n) is 7.44. The normalized spacial score (nSPS) is 24.1. The van der Waals surface area contributed by atoms with Gasteiger partial charge in [0.25, 0.3) is 0 Å². The Bertz CT molecular complexity index is 1100. The van der Waals surface area contributed by atoms with Crippen LogP contribution in [0.2, 0.25) is 0 Å². The lowest BCUT2D eigenvalue weighted by molar-refractivity contribution is 0.315. The Morgan fingerprint density at radius 2 is 2.17 bits per heavy atom. The largest absolute Gasteiger partial charge is 0.357 e. The highest BCUT2D eigenvalue weighted by molar-refractivity contribution is 5.87. The predicted molar refractivity (Wildman–Crippen MR) is 122 cm³/mol. The molecule has 3 heterocycles. The molecule has 1 aromatic carbocycles. The number of hydrogen-bond acceptors (Lipinski definition) is 1. The van der Waals surface area contributed by atoms with Crippen LogP contribution in [0, 0.1) is 6.92 Å². The number of hydrogen-bond donors (Lipinski definition) is 1. The fourth-order valence-corrected chi connectivity index (χ4v) is 5.87. The van der Waals surface area contributed by atoms with Gasteiger partial charge in [0, 0.05) is 60.6 Å². The molecule has 29 heavy (non-hydrogen) atoms. The van der Waals surface area contributed by atoms with Gasteiger partial charge in [-0.25, -0.2) is 0 Å². The average Bonchev–Trinajstić information content (AvgIpc) is 3.37. The maximum atomic E-state index is 3.87. The molecule has 1 N–H and O–H groups in total. The first-order valence-corrected chi connectivity index (χ1v) is 11.1. The molecule has 2 unspecified atom stereocenters.